The molecule has 3 rings (SSSR count). The molecule has 0 bridgehead atoms. The van der Waals surface area contributed by atoms with Crippen molar-refractivity contribution in [3.05, 3.63) is 24.4 Å². The van der Waals surface area contributed by atoms with E-state index in [1.54, 1.807) is 6.20 Å². The van der Waals surface area contributed by atoms with Crippen molar-refractivity contribution in [2.45, 2.75) is 12.8 Å². The molecular weight excluding hydrogens is 274 g/mol. The van der Waals surface area contributed by atoms with Gasteiger partial charge >= 0.3 is 0 Å². The van der Waals surface area contributed by atoms with Crippen LogP contribution in [-0.4, -0.2) is 45.6 Å². The highest BCUT2D eigenvalue weighted by molar-refractivity contribution is 7.18. The molecule has 6 nitrogen and oxygen atoms in total. The van der Waals surface area contributed by atoms with Crippen LogP contribution in [0.15, 0.2) is 24.4 Å². The molecule has 1 saturated heterocycles. The lowest BCUT2D eigenvalue weighted by molar-refractivity contribution is -0.128. The average molecular weight is 289 g/mol. The summed E-state index contributed by atoms with van der Waals surface area (Å²) < 4.78 is 0. The van der Waals surface area contributed by atoms with Gasteiger partial charge in [-0.05, 0) is 25.0 Å². The second-order valence-electron chi connectivity index (χ2n) is 4.57. The summed E-state index contributed by atoms with van der Waals surface area (Å²) in [5.41, 5.74) is 0.795. The smallest absolute Gasteiger partial charge is 0.241 e. The number of nitrogens with zero attached hydrogens (tertiary/aromatic N) is 4. The largest absolute Gasteiger partial charge is 0.351 e. The van der Waals surface area contributed by atoms with Gasteiger partial charge in [-0.2, -0.15) is 0 Å². The Morgan fingerprint density at radius 2 is 2.15 bits per heavy atom. The monoisotopic (exact) mass is 289 g/mol. The molecule has 2 aromatic rings. The van der Waals surface area contributed by atoms with Crippen LogP contribution in [0.25, 0.3) is 10.7 Å². The SMILES string of the molecule is O=C(CNc1nnc(-c2ccccn2)s1)N1CCCC1. The molecule has 0 unspecified atom stereocenters. The zero-order valence-corrected chi connectivity index (χ0v) is 11.8. The fourth-order valence-electron chi connectivity index (χ4n) is 2.12. The molecule has 20 heavy (non-hydrogen) atoms. The summed E-state index contributed by atoms with van der Waals surface area (Å²) in [5, 5.41) is 12.6. The van der Waals surface area contributed by atoms with Gasteiger partial charge in [0, 0.05) is 19.3 Å². The number of anilines is 1. The van der Waals surface area contributed by atoms with Crippen LogP contribution in [0.4, 0.5) is 5.13 Å². The van der Waals surface area contributed by atoms with Crippen LogP contribution in [0.3, 0.4) is 0 Å². The Labute approximate surface area is 120 Å². The highest BCUT2D eigenvalue weighted by Crippen LogP contribution is 2.24. The van der Waals surface area contributed by atoms with E-state index in [1.807, 2.05) is 23.1 Å². The van der Waals surface area contributed by atoms with Crippen LogP contribution >= 0.6 is 11.3 Å². The molecule has 1 amide bonds. The van der Waals surface area contributed by atoms with E-state index in [0.29, 0.717) is 5.13 Å². The Kier molecular flexibility index (Phi) is 3.87. The Bertz CT molecular complexity index is 579. The van der Waals surface area contributed by atoms with Crippen molar-refractivity contribution in [1.82, 2.24) is 20.1 Å². The van der Waals surface area contributed by atoms with Gasteiger partial charge in [-0.3, -0.25) is 9.78 Å². The Morgan fingerprint density at radius 3 is 2.90 bits per heavy atom. The lowest BCUT2D eigenvalue weighted by Crippen LogP contribution is -2.32. The maximum atomic E-state index is 11.9. The van der Waals surface area contributed by atoms with Crippen molar-refractivity contribution in [2.24, 2.45) is 0 Å². The topological polar surface area (TPSA) is 71.0 Å². The second-order valence-corrected chi connectivity index (χ2v) is 5.55. The number of nitrogens with one attached hydrogen (secondary N) is 1. The number of likely N-dealkylation sites (tertiary alicyclic amines) is 1. The van der Waals surface area contributed by atoms with E-state index in [-0.39, 0.29) is 12.5 Å². The van der Waals surface area contributed by atoms with Gasteiger partial charge in [-0.15, -0.1) is 10.2 Å². The molecule has 0 spiro atoms. The molecule has 0 saturated carbocycles. The average Bonchev–Trinajstić information content (AvgIpc) is 3.17. The van der Waals surface area contributed by atoms with Gasteiger partial charge in [0.25, 0.3) is 0 Å². The Morgan fingerprint density at radius 1 is 1.30 bits per heavy atom. The Balaban J connectivity index is 1.59. The molecule has 2 aromatic heterocycles. The van der Waals surface area contributed by atoms with Crippen molar-refractivity contribution < 1.29 is 4.79 Å². The minimum atomic E-state index is 0.122. The summed E-state index contributed by atoms with van der Waals surface area (Å²) in [7, 11) is 0. The zero-order chi connectivity index (χ0) is 13.8. The number of aromatic nitrogens is 3. The van der Waals surface area contributed by atoms with Crippen LogP contribution in [0.1, 0.15) is 12.8 Å². The first-order valence-electron chi connectivity index (χ1n) is 6.59. The van der Waals surface area contributed by atoms with E-state index < -0.39 is 0 Å². The lowest BCUT2D eigenvalue weighted by Gasteiger charge is -2.14. The molecule has 1 fully saturated rings. The highest BCUT2D eigenvalue weighted by Gasteiger charge is 2.18. The van der Waals surface area contributed by atoms with Gasteiger partial charge in [0.1, 0.15) is 5.69 Å². The third-order valence-corrected chi connectivity index (χ3v) is 4.06. The predicted molar refractivity (Wildman–Crippen MR) is 77.4 cm³/mol. The minimum Gasteiger partial charge on any atom is -0.351 e. The van der Waals surface area contributed by atoms with Crippen molar-refractivity contribution >= 4 is 22.4 Å². The van der Waals surface area contributed by atoms with Crippen molar-refractivity contribution in [3.8, 4) is 10.7 Å². The van der Waals surface area contributed by atoms with E-state index in [2.05, 4.69) is 20.5 Å². The van der Waals surface area contributed by atoms with Crippen molar-refractivity contribution in [2.75, 3.05) is 25.0 Å². The summed E-state index contributed by atoms with van der Waals surface area (Å²) in [6.07, 6.45) is 3.93. The molecule has 0 atom stereocenters. The highest BCUT2D eigenvalue weighted by atomic mass is 32.1. The standard InChI is InChI=1S/C13H15N5OS/c19-11(18-7-3-4-8-18)9-15-13-17-16-12(20-13)10-5-1-2-6-14-10/h1-2,5-6H,3-4,7-9H2,(H,15,17). The van der Waals surface area contributed by atoms with E-state index in [9.17, 15) is 4.79 Å². The molecule has 7 heteroatoms. The molecule has 1 N–H and O–H groups in total. The summed E-state index contributed by atoms with van der Waals surface area (Å²) in [6.45, 7) is 2.02. The van der Waals surface area contributed by atoms with Crippen LogP contribution < -0.4 is 5.32 Å². The lowest BCUT2D eigenvalue weighted by atomic mass is 10.4. The third kappa shape index (κ3) is 2.93. The fraction of sp³-hybridized carbons (Fsp3) is 0.385. The number of carbonyl (C=O) groups is 1. The first-order valence-corrected chi connectivity index (χ1v) is 7.41. The fourth-order valence-corrected chi connectivity index (χ4v) is 2.83. The molecule has 1 aliphatic rings. The maximum Gasteiger partial charge on any atom is 0.241 e. The Hall–Kier alpha value is -2.02. The number of hydrogen-bond acceptors (Lipinski definition) is 6. The van der Waals surface area contributed by atoms with Crippen LogP contribution in [-0.2, 0) is 4.79 Å². The predicted octanol–water partition coefficient (Wildman–Crippen LogP) is 1.63. The number of carbonyl (C=O) groups excluding carboxylic acids is 1. The third-order valence-electron chi connectivity index (χ3n) is 3.16. The quantitative estimate of drug-likeness (QED) is 0.926. The van der Waals surface area contributed by atoms with Gasteiger partial charge in [0.2, 0.25) is 11.0 Å². The minimum absolute atomic E-state index is 0.122. The van der Waals surface area contributed by atoms with Crippen molar-refractivity contribution in [3.63, 3.8) is 0 Å². The van der Waals surface area contributed by atoms with Crippen molar-refractivity contribution in [1.29, 1.82) is 0 Å². The molecule has 1 aliphatic heterocycles. The van der Waals surface area contributed by atoms with Crippen LogP contribution in [0, 0.1) is 0 Å². The number of amides is 1. The molecule has 3 heterocycles. The maximum absolute atomic E-state index is 11.9. The van der Waals surface area contributed by atoms with Gasteiger partial charge in [-0.1, -0.05) is 17.4 Å². The van der Waals surface area contributed by atoms with E-state index in [4.69, 9.17) is 0 Å². The molecule has 104 valence electrons. The second kappa shape index (κ2) is 5.96. The first-order chi connectivity index (χ1) is 9.83. The van der Waals surface area contributed by atoms with Gasteiger partial charge < -0.3 is 10.2 Å². The molecule has 0 aromatic carbocycles. The zero-order valence-electron chi connectivity index (χ0n) is 11.0. The van der Waals surface area contributed by atoms with E-state index in [0.717, 1.165) is 36.6 Å². The van der Waals surface area contributed by atoms with Crippen LogP contribution in [0.2, 0.25) is 0 Å². The van der Waals surface area contributed by atoms with E-state index >= 15 is 0 Å². The van der Waals surface area contributed by atoms with Gasteiger partial charge in [0.15, 0.2) is 5.01 Å². The molecule has 0 radical (unpaired) electrons. The molecular formula is C13H15N5OS. The molecule has 0 aliphatic carbocycles. The van der Waals surface area contributed by atoms with Crippen LogP contribution in [0.5, 0.6) is 0 Å². The summed E-state index contributed by atoms with van der Waals surface area (Å²) in [6, 6.07) is 5.66. The van der Waals surface area contributed by atoms with E-state index in [1.165, 1.54) is 11.3 Å². The summed E-state index contributed by atoms with van der Waals surface area (Å²) >= 11 is 1.40. The summed E-state index contributed by atoms with van der Waals surface area (Å²) in [4.78, 5) is 18.0. The number of rotatable bonds is 4. The van der Waals surface area contributed by atoms with Gasteiger partial charge in [0.05, 0.1) is 6.54 Å². The first kappa shape index (κ1) is 13.0. The number of pyridine rings is 1. The summed E-state index contributed by atoms with van der Waals surface area (Å²) in [5.74, 6) is 0.122. The van der Waals surface area contributed by atoms with Gasteiger partial charge in [-0.25, -0.2) is 0 Å². The number of hydrogen-bond donors (Lipinski definition) is 1. The normalized spacial score (nSPS) is 14.5.